The average Bonchev–Trinajstić information content (AvgIpc) is 3.58. The second kappa shape index (κ2) is 15.8. The van der Waals surface area contributed by atoms with Gasteiger partial charge in [0, 0.05) is 41.1 Å². The van der Waals surface area contributed by atoms with Gasteiger partial charge in [-0.2, -0.15) is 4.58 Å². The lowest BCUT2D eigenvalue weighted by Crippen LogP contribution is -2.35. The summed E-state index contributed by atoms with van der Waals surface area (Å²) in [5, 5.41) is 21.6. The Morgan fingerprint density at radius 2 is 1.46 bits per heavy atom. The number of rotatable bonds is 12. The fourth-order valence-electron chi connectivity index (χ4n) is 9.51. The van der Waals surface area contributed by atoms with Gasteiger partial charge >= 0.3 is 0 Å². The molecule has 17 heteroatoms. The summed E-state index contributed by atoms with van der Waals surface area (Å²) in [6.07, 6.45) is 7.88. The van der Waals surface area contributed by atoms with Crippen molar-refractivity contribution in [3.8, 4) is 0 Å². The predicted molar refractivity (Wildman–Crippen MR) is 208 cm³/mol. The molecule has 4 atom stereocenters. The van der Waals surface area contributed by atoms with Crippen LogP contribution in [0.4, 0.5) is 11.4 Å². The number of hydrogen-bond acceptors (Lipinski definition) is 13. The Balaban J connectivity index is 1.31. The molecule has 2 N–H and O–H groups in total. The summed E-state index contributed by atoms with van der Waals surface area (Å²) >= 11 is 0. The topological polar surface area (TPSA) is 228 Å². The Labute approximate surface area is 333 Å². The largest absolute Gasteiger partial charge is 0.748 e. The van der Waals surface area contributed by atoms with Gasteiger partial charge in [0.2, 0.25) is 5.69 Å². The van der Waals surface area contributed by atoms with Crippen molar-refractivity contribution >= 4 is 47.4 Å². The van der Waals surface area contributed by atoms with Crippen molar-refractivity contribution in [2.24, 2.45) is 0 Å². The molecule has 1 saturated carbocycles. The first-order valence-electron chi connectivity index (χ1n) is 19.1. The highest BCUT2D eigenvalue weighted by atomic mass is 32.2. The minimum absolute atomic E-state index is 0.0198. The number of hydrogen-bond donors (Lipinski definition) is 2. The fourth-order valence-corrected chi connectivity index (χ4v) is 11.2. The van der Waals surface area contributed by atoms with Crippen molar-refractivity contribution in [2.75, 3.05) is 36.6 Å². The maximum atomic E-state index is 12.0. The number of benzene rings is 2. The second-order valence-corrected chi connectivity index (χ2v) is 19.9. The molecule has 4 unspecified atom stereocenters. The smallest absolute Gasteiger partial charge is 0.209 e. The van der Waals surface area contributed by atoms with E-state index in [4.69, 9.17) is 4.74 Å². The van der Waals surface area contributed by atoms with E-state index in [0.717, 1.165) is 82.6 Å². The molecule has 308 valence electrons. The molecular formula is C40H46N2O12S3-2. The van der Waals surface area contributed by atoms with E-state index < -0.39 is 59.0 Å². The first kappa shape index (κ1) is 41.5. The van der Waals surface area contributed by atoms with Gasteiger partial charge < -0.3 is 33.5 Å². The van der Waals surface area contributed by atoms with Gasteiger partial charge in [-0.15, -0.1) is 0 Å². The van der Waals surface area contributed by atoms with Crippen LogP contribution in [0, 0.1) is 6.92 Å². The van der Waals surface area contributed by atoms with Crippen LogP contribution in [0.15, 0.2) is 87.2 Å². The summed E-state index contributed by atoms with van der Waals surface area (Å²) < 4.78 is 113. The average molecular weight is 843 g/mol. The second-order valence-electron chi connectivity index (χ2n) is 15.7. The molecule has 3 aliphatic carbocycles. The van der Waals surface area contributed by atoms with Crippen molar-refractivity contribution in [1.29, 1.82) is 0 Å². The molecule has 0 aromatic heterocycles. The molecule has 2 aromatic carbocycles. The maximum Gasteiger partial charge on any atom is 0.209 e. The van der Waals surface area contributed by atoms with Gasteiger partial charge in [-0.1, -0.05) is 23.8 Å². The number of anilines is 1. The monoisotopic (exact) mass is 842 g/mol. The Hall–Kier alpha value is -3.68. The molecule has 2 heterocycles. The predicted octanol–water partition coefficient (Wildman–Crippen LogP) is 4.06. The summed E-state index contributed by atoms with van der Waals surface area (Å²) in [4.78, 5) is 1.57. The zero-order chi connectivity index (χ0) is 41.0. The molecule has 7 rings (SSSR count). The molecule has 2 aliphatic heterocycles. The third-order valence-corrected chi connectivity index (χ3v) is 14.0. The maximum absolute atomic E-state index is 12.0. The van der Waals surface area contributed by atoms with Gasteiger partial charge in [0.05, 0.1) is 55.8 Å². The van der Waals surface area contributed by atoms with Crippen molar-refractivity contribution < 1.29 is 58.4 Å². The van der Waals surface area contributed by atoms with Gasteiger partial charge in [-0.3, -0.25) is 0 Å². The molecular weight excluding hydrogens is 797 g/mol. The number of ether oxygens (including phenoxy) is 1. The third kappa shape index (κ3) is 8.85. The molecule has 0 radical (unpaired) electrons. The van der Waals surface area contributed by atoms with Crippen LogP contribution in [0.1, 0.15) is 86.3 Å². The molecule has 0 bridgehead atoms. The van der Waals surface area contributed by atoms with Crippen molar-refractivity contribution in [3.05, 3.63) is 99.0 Å². The van der Waals surface area contributed by atoms with Gasteiger partial charge in [0.25, 0.3) is 0 Å². The summed E-state index contributed by atoms with van der Waals surface area (Å²) in [7, 11) is -12.6. The van der Waals surface area contributed by atoms with Crippen molar-refractivity contribution in [3.63, 3.8) is 0 Å². The lowest BCUT2D eigenvalue weighted by molar-refractivity contribution is -0.448. The van der Waals surface area contributed by atoms with Crippen molar-refractivity contribution in [2.45, 2.75) is 93.7 Å². The van der Waals surface area contributed by atoms with Crippen LogP contribution in [0.3, 0.4) is 0 Å². The van der Waals surface area contributed by atoms with Crippen LogP contribution in [-0.2, 0) is 35.1 Å². The Kier molecular flexibility index (Phi) is 11.5. The zero-order valence-electron chi connectivity index (χ0n) is 31.7. The van der Waals surface area contributed by atoms with Gasteiger partial charge in [0.15, 0.2) is 12.3 Å². The fraction of sp³-hybridized carbons (Fsp3) is 0.475. The summed E-state index contributed by atoms with van der Waals surface area (Å²) in [5.74, 6) is -1.55. The number of aryl methyl sites for hydroxylation is 1. The van der Waals surface area contributed by atoms with Crippen LogP contribution >= 0.6 is 0 Å². The van der Waals surface area contributed by atoms with Crippen molar-refractivity contribution in [1.82, 2.24) is 0 Å². The van der Waals surface area contributed by atoms with E-state index in [1.165, 1.54) is 18.2 Å². The number of fused-ring (bicyclic) bond motifs is 6. The lowest BCUT2D eigenvalue weighted by Gasteiger charge is -2.31. The number of allylic oxidation sites excluding steroid dienone is 7. The van der Waals surface area contributed by atoms with E-state index in [-0.39, 0.29) is 24.9 Å². The number of nitrogens with zero attached hydrogens (tertiary/aromatic N) is 2. The highest BCUT2D eigenvalue weighted by Crippen LogP contribution is 2.52. The molecule has 2 aromatic rings. The summed E-state index contributed by atoms with van der Waals surface area (Å²) in [5.41, 5.74) is 9.65. The molecule has 0 amide bonds. The summed E-state index contributed by atoms with van der Waals surface area (Å²) in [6.45, 7) is 1.71. The minimum atomic E-state index is -4.78. The Bertz CT molecular complexity index is 2480. The molecule has 0 saturated heterocycles. The SMILES string of the molecule is COC1=C(/C=C2\CCCC3C2=[N+](CC(O)CS(=O)(=O)[O-])c2ccc(S(=O)(=O)[O-])cc23)CCC/C1=C\C1=C2C(CCC1)c1cc(C)ccc1N2CC(O)CS(=O)(=O)[O-]. The van der Waals surface area contributed by atoms with Crippen LogP contribution < -0.4 is 4.90 Å². The summed E-state index contributed by atoms with van der Waals surface area (Å²) in [6, 6.07) is 10.1. The normalized spacial score (nSPS) is 23.8. The van der Waals surface area contributed by atoms with E-state index in [0.29, 0.717) is 42.7 Å². The van der Waals surface area contributed by atoms with E-state index in [2.05, 4.69) is 18.2 Å². The van der Waals surface area contributed by atoms with Gasteiger partial charge in [-0.05, 0) is 111 Å². The standard InChI is InChI=1S/C40H48N2O12S3/c1-24-12-14-36-34(16-24)32-10-4-6-25(38(32)41(36)20-29(43)22-55(45,46)47)17-27-8-3-9-28(40(27)54-2)18-26-7-5-11-33-35-19-31(57(51,52)53)13-15-37(35)42(39(26)33)21-30(44)23-56(48,49)50/h12-19,29-30,32-33,43-44H,3-11,20-23H2,1-2H3,(H2-,45,46,47,48,49,50,51,52,53)/p-2. The third-order valence-electron chi connectivity index (χ3n) is 11.5. The van der Waals surface area contributed by atoms with Crippen LogP contribution in [0.2, 0.25) is 0 Å². The molecule has 14 nitrogen and oxygen atoms in total. The highest BCUT2D eigenvalue weighted by molar-refractivity contribution is 7.86. The molecule has 0 spiro atoms. The van der Waals surface area contributed by atoms with E-state index >= 15 is 0 Å². The van der Waals surface area contributed by atoms with Crippen LogP contribution in [0.25, 0.3) is 0 Å². The Morgan fingerprint density at radius 3 is 2.16 bits per heavy atom. The Morgan fingerprint density at radius 1 is 0.807 bits per heavy atom. The number of aliphatic hydroxyl groups is 2. The number of β-amino-alcohol motifs (C(OH)–C–C–N with tert-alkyl or cyclic N) is 2. The quantitative estimate of drug-likeness (QED) is 0.227. The van der Waals surface area contributed by atoms with E-state index in [1.54, 1.807) is 11.7 Å². The van der Waals surface area contributed by atoms with Gasteiger partial charge in [0.1, 0.15) is 22.0 Å². The van der Waals surface area contributed by atoms with Crippen LogP contribution in [0.5, 0.6) is 0 Å². The zero-order valence-corrected chi connectivity index (χ0v) is 34.2. The first-order chi connectivity index (χ1) is 26.8. The molecule has 1 fully saturated rings. The lowest BCUT2D eigenvalue weighted by atomic mass is 9.79. The first-order valence-corrected chi connectivity index (χ1v) is 23.6. The van der Waals surface area contributed by atoms with E-state index in [1.807, 2.05) is 24.0 Å². The molecule has 57 heavy (non-hydrogen) atoms. The minimum Gasteiger partial charge on any atom is -0.748 e. The number of aliphatic hydroxyl groups excluding tert-OH is 2. The molecule has 5 aliphatic rings. The highest BCUT2D eigenvalue weighted by Gasteiger charge is 2.44. The van der Waals surface area contributed by atoms with Gasteiger partial charge in [-0.25, -0.2) is 25.3 Å². The van der Waals surface area contributed by atoms with Crippen LogP contribution in [-0.4, -0.2) is 103 Å². The number of methoxy groups -OCH3 is 1. The van der Waals surface area contributed by atoms with E-state index in [9.17, 15) is 49.1 Å².